The molecule has 0 aliphatic carbocycles. The second kappa shape index (κ2) is 8.14. The molecular formula is C13H20N2O6S. The van der Waals surface area contributed by atoms with Crippen molar-refractivity contribution in [3.05, 3.63) is 0 Å². The number of carbonyl (C=O) groups is 4. The molecular weight excluding hydrogens is 312 g/mol. The van der Waals surface area contributed by atoms with Crippen molar-refractivity contribution >= 4 is 35.5 Å². The maximum absolute atomic E-state index is 12.1. The molecule has 0 radical (unpaired) electrons. The zero-order valence-corrected chi connectivity index (χ0v) is 13.3. The molecule has 1 aliphatic heterocycles. The van der Waals surface area contributed by atoms with Crippen LogP contribution in [-0.4, -0.2) is 64.0 Å². The third-order valence-electron chi connectivity index (χ3n) is 3.03. The van der Waals surface area contributed by atoms with E-state index in [1.165, 1.54) is 0 Å². The lowest BCUT2D eigenvalue weighted by Gasteiger charge is -2.15. The van der Waals surface area contributed by atoms with Crippen LogP contribution in [-0.2, 0) is 23.9 Å². The van der Waals surface area contributed by atoms with Gasteiger partial charge in [-0.25, -0.2) is 0 Å². The molecule has 2 atom stereocenters. The van der Waals surface area contributed by atoms with Crippen molar-refractivity contribution < 1.29 is 29.0 Å². The monoisotopic (exact) mass is 332 g/mol. The SMILES string of the molecule is CC(C)C(=O)OCCN1C(=O)CC(SCC(N)C(=O)O)C1=O. The van der Waals surface area contributed by atoms with E-state index in [2.05, 4.69) is 0 Å². The maximum Gasteiger partial charge on any atom is 0.321 e. The average Bonchev–Trinajstić information content (AvgIpc) is 2.71. The van der Waals surface area contributed by atoms with Gasteiger partial charge >= 0.3 is 11.9 Å². The summed E-state index contributed by atoms with van der Waals surface area (Å²) in [7, 11) is 0. The normalized spacial score (nSPS) is 19.6. The van der Waals surface area contributed by atoms with Gasteiger partial charge in [-0.1, -0.05) is 13.8 Å². The summed E-state index contributed by atoms with van der Waals surface area (Å²) in [6.45, 7) is 3.35. The number of ether oxygens (including phenoxy) is 1. The highest BCUT2D eigenvalue weighted by atomic mass is 32.2. The van der Waals surface area contributed by atoms with Crippen molar-refractivity contribution in [2.24, 2.45) is 11.7 Å². The summed E-state index contributed by atoms with van der Waals surface area (Å²) in [6.07, 6.45) is 0.00790. The molecule has 0 saturated carbocycles. The van der Waals surface area contributed by atoms with Crippen molar-refractivity contribution in [3.8, 4) is 0 Å². The first-order valence-corrected chi connectivity index (χ1v) is 7.89. The molecule has 3 N–H and O–H groups in total. The van der Waals surface area contributed by atoms with E-state index in [1.54, 1.807) is 13.8 Å². The maximum atomic E-state index is 12.1. The Balaban J connectivity index is 2.44. The van der Waals surface area contributed by atoms with E-state index in [0.29, 0.717) is 0 Å². The second-order valence-corrected chi connectivity index (χ2v) is 6.41. The summed E-state index contributed by atoms with van der Waals surface area (Å²) < 4.78 is 4.94. The Morgan fingerprint density at radius 1 is 1.45 bits per heavy atom. The second-order valence-electron chi connectivity index (χ2n) is 5.18. The molecule has 0 aromatic heterocycles. The molecule has 9 heteroatoms. The third kappa shape index (κ3) is 4.99. The van der Waals surface area contributed by atoms with Crippen LogP contribution >= 0.6 is 11.8 Å². The molecule has 8 nitrogen and oxygen atoms in total. The third-order valence-corrected chi connectivity index (χ3v) is 4.35. The van der Waals surface area contributed by atoms with Crippen LogP contribution in [0.4, 0.5) is 0 Å². The standard InChI is InChI=1S/C13H20N2O6S/c1-7(2)13(20)21-4-3-15-10(16)5-9(11(15)17)22-6-8(14)12(18)19/h7-9H,3-6,14H2,1-2H3,(H,18,19). The molecule has 0 aromatic rings. The van der Waals surface area contributed by atoms with Crippen LogP contribution in [0.25, 0.3) is 0 Å². The van der Waals surface area contributed by atoms with Gasteiger partial charge in [0.15, 0.2) is 0 Å². The van der Waals surface area contributed by atoms with Gasteiger partial charge in [-0.15, -0.1) is 11.8 Å². The first-order chi connectivity index (χ1) is 10.2. The van der Waals surface area contributed by atoms with E-state index in [4.69, 9.17) is 15.6 Å². The number of nitrogens with two attached hydrogens (primary N) is 1. The number of esters is 1. The zero-order chi connectivity index (χ0) is 16.9. The van der Waals surface area contributed by atoms with Gasteiger partial charge in [0.1, 0.15) is 12.6 Å². The molecule has 22 heavy (non-hydrogen) atoms. The number of hydrogen-bond donors (Lipinski definition) is 2. The summed E-state index contributed by atoms with van der Waals surface area (Å²) >= 11 is 1.06. The lowest BCUT2D eigenvalue weighted by Crippen LogP contribution is -2.36. The number of hydrogen-bond acceptors (Lipinski definition) is 7. The molecule has 1 saturated heterocycles. The van der Waals surface area contributed by atoms with Gasteiger partial charge in [0.05, 0.1) is 17.7 Å². The Morgan fingerprint density at radius 3 is 2.64 bits per heavy atom. The molecule has 124 valence electrons. The minimum absolute atomic E-state index is 0.00790. The Morgan fingerprint density at radius 2 is 2.09 bits per heavy atom. The molecule has 2 amide bonds. The summed E-state index contributed by atoms with van der Waals surface area (Å²) in [5, 5.41) is 8.06. The van der Waals surface area contributed by atoms with Crippen LogP contribution in [0.3, 0.4) is 0 Å². The Kier molecular flexibility index (Phi) is 6.82. The first kappa shape index (κ1) is 18.4. The van der Waals surface area contributed by atoms with Crippen molar-refractivity contribution in [3.63, 3.8) is 0 Å². The number of carboxylic acid groups (broad SMARTS) is 1. The Hall–Kier alpha value is -1.61. The van der Waals surface area contributed by atoms with E-state index in [1.807, 2.05) is 0 Å². The molecule has 0 spiro atoms. The number of thioether (sulfide) groups is 1. The lowest BCUT2D eigenvalue weighted by molar-refractivity contribution is -0.150. The summed E-state index contributed by atoms with van der Waals surface area (Å²) in [6, 6.07) is -1.08. The van der Waals surface area contributed by atoms with Gasteiger partial charge in [-0.2, -0.15) is 0 Å². The number of likely N-dealkylation sites (tertiary alicyclic amines) is 1. The van der Waals surface area contributed by atoms with Gasteiger partial charge in [0.25, 0.3) is 0 Å². The highest BCUT2D eigenvalue weighted by Crippen LogP contribution is 2.25. The van der Waals surface area contributed by atoms with E-state index in [-0.39, 0.29) is 37.2 Å². The fourth-order valence-corrected chi connectivity index (χ4v) is 2.83. The molecule has 1 aliphatic rings. The molecule has 1 rings (SSSR count). The molecule has 1 heterocycles. The van der Waals surface area contributed by atoms with Crippen LogP contribution in [0.5, 0.6) is 0 Å². The van der Waals surface area contributed by atoms with E-state index in [0.717, 1.165) is 16.7 Å². The van der Waals surface area contributed by atoms with Gasteiger partial charge < -0.3 is 15.6 Å². The van der Waals surface area contributed by atoms with Crippen LogP contribution in [0.1, 0.15) is 20.3 Å². The van der Waals surface area contributed by atoms with Gasteiger partial charge in [0, 0.05) is 12.2 Å². The Labute approximate surface area is 132 Å². The van der Waals surface area contributed by atoms with E-state index >= 15 is 0 Å². The molecule has 0 bridgehead atoms. The number of amides is 2. The quantitative estimate of drug-likeness (QED) is 0.448. The molecule has 1 fully saturated rings. The van der Waals surface area contributed by atoms with Crippen molar-refractivity contribution in [1.29, 1.82) is 0 Å². The first-order valence-electron chi connectivity index (χ1n) is 6.84. The number of aliphatic carboxylic acids is 1. The predicted molar refractivity (Wildman–Crippen MR) is 79.0 cm³/mol. The number of nitrogens with zero attached hydrogens (tertiary/aromatic N) is 1. The fraction of sp³-hybridized carbons (Fsp3) is 0.692. The average molecular weight is 332 g/mol. The van der Waals surface area contributed by atoms with Crippen molar-refractivity contribution in [1.82, 2.24) is 4.90 Å². The van der Waals surface area contributed by atoms with Gasteiger partial charge in [-0.3, -0.25) is 24.1 Å². The van der Waals surface area contributed by atoms with Crippen molar-refractivity contribution in [2.75, 3.05) is 18.9 Å². The predicted octanol–water partition coefficient (Wildman–Crippen LogP) is -0.542. The van der Waals surface area contributed by atoms with Crippen LogP contribution in [0.2, 0.25) is 0 Å². The lowest BCUT2D eigenvalue weighted by atomic mass is 10.2. The zero-order valence-electron chi connectivity index (χ0n) is 12.5. The highest BCUT2D eigenvalue weighted by molar-refractivity contribution is 8.00. The number of carbonyl (C=O) groups excluding carboxylic acids is 3. The summed E-state index contributed by atoms with van der Waals surface area (Å²) in [5.74, 6) is -2.51. The highest BCUT2D eigenvalue weighted by Gasteiger charge is 2.39. The molecule has 0 aromatic carbocycles. The van der Waals surface area contributed by atoms with Gasteiger partial charge in [0.2, 0.25) is 11.8 Å². The van der Waals surface area contributed by atoms with Crippen molar-refractivity contribution in [2.45, 2.75) is 31.6 Å². The summed E-state index contributed by atoms with van der Waals surface area (Å²) in [4.78, 5) is 46.8. The largest absolute Gasteiger partial charge is 0.480 e. The van der Waals surface area contributed by atoms with E-state index < -0.39 is 29.1 Å². The number of carboxylic acids is 1. The van der Waals surface area contributed by atoms with E-state index in [9.17, 15) is 19.2 Å². The smallest absolute Gasteiger partial charge is 0.321 e. The Bertz CT molecular complexity index is 467. The van der Waals surface area contributed by atoms with Crippen LogP contribution in [0.15, 0.2) is 0 Å². The number of rotatable bonds is 8. The number of imide groups is 1. The van der Waals surface area contributed by atoms with Gasteiger partial charge in [-0.05, 0) is 0 Å². The molecule has 2 unspecified atom stereocenters. The van der Waals surface area contributed by atoms with Crippen LogP contribution < -0.4 is 5.73 Å². The minimum Gasteiger partial charge on any atom is -0.480 e. The summed E-state index contributed by atoms with van der Waals surface area (Å²) in [5.41, 5.74) is 5.36. The van der Waals surface area contributed by atoms with Crippen LogP contribution in [0, 0.1) is 5.92 Å². The minimum atomic E-state index is -1.15. The topological polar surface area (TPSA) is 127 Å². The fourth-order valence-electron chi connectivity index (χ4n) is 1.71.